The first-order valence-electron chi connectivity index (χ1n) is 8.78. The van der Waals surface area contributed by atoms with Crippen molar-refractivity contribution in [1.82, 2.24) is 20.0 Å². The zero-order valence-corrected chi connectivity index (χ0v) is 13.2. The molecular formula is C16H30N4O. The minimum Gasteiger partial charge on any atom is -0.340 e. The maximum absolute atomic E-state index is 12.2. The second-order valence-electron chi connectivity index (χ2n) is 6.70. The number of nitrogens with zero attached hydrogens (tertiary/aromatic N) is 3. The average Bonchev–Trinajstić information content (AvgIpc) is 3.08. The number of nitrogens with one attached hydrogen (secondary N) is 1. The quantitative estimate of drug-likeness (QED) is 0.813. The van der Waals surface area contributed by atoms with Crippen molar-refractivity contribution in [1.29, 1.82) is 0 Å². The van der Waals surface area contributed by atoms with Crippen molar-refractivity contribution in [3.05, 3.63) is 0 Å². The number of amides is 1. The van der Waals surface area contributed by atoms with Crippen molar-refractivity contribution in [2.45, 2.75) is 38.1 Å². The van der Waals surface area contributed by atoms with Gasteiger partial charge in [-0.2, -0.15) is 0 Å². The molecule has 5 heteroatoms. The maximum Gasteiger partial charge on any atom is 0.223 e. The fourth-order valence-electron chi connectivity index (χ4n) is 3.94. The number of hydrogen-bond acceptors (Lipinski definition) is 4. The van der Waals surface area contributed by atoms with Crippen LogP contribution in [0, 0.1) is 0 Å². The minimum atomic E-state index is 0.346. The molecule has 3 rings (SSSR count). The van der Waals surface area contributed by atoms with Gasteiger partial charge in [-0.15, -0.1) is 0 Å². The van der Waals surface area contributed by atoms with Crippen molar-refractivity contribution in [3.8, 4) is 0 Å². The van der Waals surface area contributed by atoms with Gasteiger partial charge < -0.3 is 20.0 Å². The molecule has 0 aromatic rings. The summed E-state index contributed by atoms with van der Waals surface area (Å²) in [6.07, 6.45) is 6.07. The zero-order chi connectivity index (χ0) is 14.5. The first kappa shape index (κ1) is 15.3. The van der Waals surface area contributed by atoms with Crippen molar-refractivity contribution in [2.75, 3.05) is 58.9 Å². The van der Waals surface area contributed by atoms with E-state index in [1.54, 1.807) is 0 Å². The van der Waals surface area contributed by atoms with Gasteiger partial charge in [0.05, 0.1) is 0 Å². The van der Waals surface area contributed by atoms with E-state index >= 15 is 0 Å². The van der Waals surface area contributed by atoms with Crippen LogP contribution in [0.3, 0.4) is 0 Å². The molecular weight excluding hydrogens is 264 g/mol. The molecule has 21 heavy (non-hydrogen) atoms. The smallest absolute Gasteiger partial charge is 0.223 e. The summed E-state index contributed by atoms with van der Waals surface area (Å²) in [4.78, 5) is 19.4. The standard InChI is InChI=1S/C16H30N4O/c21-16(20-13-6-17-7-14-20)5-12-18-10-3-15(4-11-18)19-8-1-2-9-19/h15,17H,1-14H2. The summed E-state index contributed by atoms with van der Waals surface area (Å²) >= 11 is 0. The van der Waals surface area contributed by atoms with Crippen LogP contribution < -0.4 is 5.32 Å². The van der Waals surface area contributed by atoms with E-state index in [-0.39, 0.29) is 0 Å². The summed E-state index contributed by atoms with van der Waals surface area (Å²) in [6, 6.07) is 0.813. The number of hydrogen-bond donors (Lipinski definition) is 1. The van der Waals surface area contributed by atoms with Gasteiger partial charge in [0.15, 0.2) is 0 Å². The Morgan fingerprint density at radius 3 is 2.29 bits per heavy atom. The fourth-order valence-corrected chi connectivity index (χ4v) is 3.94. The Hall–Kier alpha value is -0.650. The van der Waals surface area contributed by atoms with E-state index < -0.39 is 0 Å². The third kappa shape index (κ3) is 4.18. The van der Waals surface area contributed by atoms with Crippen LogP contribution in [0.4, 0.5) is 0 Å². The number of rotatable bonds is 4. The molecule has 3 aliphatic rings. The highest BCUT2D eigenvalue weighted by atomic mass is 16.2. The molecule has 0 aromatic heterocycles. The first-order chi connectivity index (χ1) is 10.3. The molecule has 0 bridgehead atoms. The van der Waals surface area contributed by atoms with Crippen molar-refractivity contribution in [3.63, 3.8) is 0 Å². The number of likely N-dealkylation sites (tertiary alicyclic amines) is 2. The van der Waals surface area contributed by atoms with E-state index in [4.69, 9.17) is 0 Å². The highest BCUT2D eigenvalue weighted by Gasteiger charge is 2.26. The van der Waals surface area contributed by atoms with Crippen molar-refractivity contribution in [2.24, 2.45) is 0 Å². The fraction of sp³-hybridized carbons (Fsp3) is 0.938. The number of carbonyl (C=O) groups is 1. The Balaban J connectivity index is 1.34. The lowest BCUT2D eigenvalue weighted by molar-refractivity contribution is -0.132. The van der Waals surface area contributed by atoms with E-state index in [2.05, 4.69) is 15.1 Å². The van der Waals surface area contributed by atoms with Crippen LogP contribution in [0.2, 0.25) is 0 Å². The summed E-state index contributed by atoms with van der Waals surface area (Å²) in [7, 11) is 0. The molecule has 1 N–H and O–H groups in total. The van der Waals surface area contributed by atoms with Gasteiger partial charge in [0, 0.05) is 45.2 Å². The van der Waals surface area contributed by atoms with Crippen LogP contribution in [0.1, 0.15) is 32.1 Å². The molecule has 0 spiro atoms. The summed E-state index contributed by atoms with van der Waals surface area (Å²) in [5.41, 5.74) is 0. The molecule has 120 valence electrons. The molecule has 0 saturated carbocycles. The average molecular weight is 294 g/mol. The van der Waals surface area contributed by atoms with E-state index in [1.807, 2.05) is 4.90 Å². The molecule has 0 aromatic carbocycles. The second-order valence-corrected chi connectivity index (χ2v) is 6.70. The van der Waals surface area contributed by atoms with Crippen molar-refractivity contribution < 1.29 is 4.79 Å². The molecule has 3 heterocycles. The lowest BCUT2D eigenvalue weighted by atomic mass is 10.0. The Bertz CT molecular complexity index is 329. The van der Waals surface area contributed by atoms with E-state index in [1.165, 1.54) is 51.9 Å². The van der Waals surface area contributed by atoms with Crippen LogP contribution in [0.5, 0.6) is 0 Å². The Morgan fingerprint density at radius 1 is 0.952 bits per heavy atom. The van der Waals surface area contributed by atoms with Gasteiger partial charge in [-0.1, -0.05) is 0 Å². The second kappa shape index (κ2) is 7.56. The van der Waals surface area contributed by atoms with Gasteiger partial charge in [0.1, 0.15) is 0 Å². The zero-order valence-electron chi connectivity index (χ0n) is 13.2. The van der Waals surface area contributed by atoms with Crippen LogP contribution in [-0.4, -0.2) is 85.6 Å². The van der Waals surface area contributed by atoms with Gasteiger partial charge in [0.25, 0.3) is 0 Å². The normalized spacial score (nSPS) is 26.4. The molecule has 0 aliphatic carbocycles. The first-order valence-corrected chi connectivity index (χ1v) is 8.78. The van der Waals surface area contributed by atoms with Gasteiger partial charge in [-0.25, -0.2) is 0 Å². The SMILES string of the molecule is O=C(CCN1CCC(N2CCCC2)CC1)N1CCNCC1. The lowest BCUT2D eigenvalue weighted by Crippen LogP contribution is -2.48. The third-order valence-electron chi connectivity index (χ3n) is 5.33. The maximum atomic E-state index is 12.2. The van der Waals surface area contributed by atoms with Gasteiger partial charge in [-0.3, -0.25) is 4.79 Å². The topological polar surface area (TPSA) is 38.8 Å². The molecule has 3 fully saturated rings. The number of piperidine rings is 1. The van der Waals surface area contributed by atoms with Gasteiger partial charge in [0.2, 0.25) is 5.91 Å². The van der Waals surface area contributed by atoms with Crippen LogP contribution in [0.25, 0.3) is 0 Å². The Labute approximate surface area is 128 Å². The predicted octanol–water partition coefficient (Wildman–Crippen LogP) is 0.369. The lowest BCUT2D eigenvalue weighted by Gasteiger charge is -2.37. The minimum absolute atomic E-state index is 0.346. The van der Waals surface area contributed by atoms with Gasteiger partial charge >= 0.3 is 0 Å². The van der Waals surface area contributed by atoms with Crippen LogP contribution >= 0.6 is 0 Å². The molecule has 0 radical (unpaired) electrons. The van der Waals surface area contributed by atoms with Gasteiger partial charge in [-0.05, 0) is 51.9 Å². The molecule has 0 atom stereocenters. The molecule has 0 unspecified atom stereocenters. The van der Waals surface area contributed by atoms with E-state index in [0.29, 0.717) is 12.3 Å². The highest BCUT2D eigenvalue weighted by Crippen LogP contribution is 2.21. The largest absolute Gasteiger partial charge is 0.340 e. The summed E-state index contributed by atoms with van der Waals surface area (Å²) in [5.74, 6) is 0.346. The summed E-state index contributed by atoms with van der Waals surface area (Å²) < 4.78 is 0. The predicted molar refractivity (Wildman–Crippen MR) is 84.3 cm³/mol. The Kier molecular flexibility index (Phi) is 5.49. The molecule has 3 aliphatic heterocycles. The van der Waals surface area contributed by atoms with Crippen LogP contribution in [-0.2, 0) is 4.79 Å². The van der Waals surface area contributed by atoms with Crippen LogP contribution in [0.15, 0.2) is 0 Å². The monoisotopic (exact) mass is 294 g/mol. The summed E-state index contributed by atoms with van der Waals surface area (Å²) in [6.45, 7) is 9.60. The highest BCUT2D eigenvalue weighted by molar-refractivity contribution is 5.76. The molecule has 3 saturated heterocycles. The summed E-state index contributed by atoms with van der Waals surface area (Å²) in [5, 5.41) is 3.30. The van der Waals surface area contributed by atoms with E-state index in [0.717, 1.165) is 38.8 Å². The van der Waals surface area contributed by atoms with Crippen molar-refractivity contribution >= 4 is 5.91 Å². The number of piperazine rings is 1. The Morgan fingerprint density at radius 2 is 1.62 bits per heavy atom. The molecule has 5 nitrogen and oxygen atoms in total. The number of carbonyl (C=O) groups excluding carboxylic acids is 1. The van der Waals surface area contributed by atoms with E-state index in [9.17, 15) is 4.79 Å². The molecule has 1 amide bonds. The third-order valence-corrected chi connectivity index (χ3v) is 5.33.